The minimum atomic E-state index is -3.02. The van der Waals surface area contributed by atoms with E-state index in [1.165, 1.54) is 9.87 Å². The highest BCUT2D eigenvalue weighted by molar-refractivity contribution is 7.89. The maximum atomic E-state index is 11.5. The largest absolute Gasteiger partial charge is 0.213 e. The van der Waals surface area contributed by atoms with Crippen LogP contribution < -0.4 is 0 Å². The number of unbranched alkanes of at least 4 members (excludes halogenated alkanes) is 1. The number of rotatable bonds is 6. The van der Waals surface area contributed by atoms with E-state index in [-0.39, 0.29) is 5.75 Å². The number of nitrogens with zero attached hydrogens (tertiary/aromatic N) is 1. The van der Waals surface area contributed by atoms with Crippen molar-refractivity contribution in [3.8, 4) is 0 Å². The molecule has 0 spiro atoms. The Labute approximate surface area is 98.1 Å². The monoisotopic (exact) mass is 241 g/mol. The van der Waals surface area contributed by atoms with Crippen molar-refractivity contribution in [1.29, 1.82) is 0 Å². The van der Waals surface area contributed by atoms with E-state index in [1.54, 1.807) is 14.1 Å². The summed E-state index contributed by atoms with van der Waals surface area (Å²) in [7, 11) is 0.133. The van der Waals surface area contributed by atoms with Crippen LogP contribution in [0.2, 0.25) is 0 Å². The van der Waals surface area contributed by atoms with E-state index in [0.29, 0.717) is 0 Å². The van der Waals surface area contributed by atoms with Crippen molar-refractivity contribution in [3.05, 3.63) is 35.9 Å². The van der Waals surface area contributed by atoms with E-state index in [9.17, 15) is 8.42 Å². The number of benzene rings is 1. The van der Waals surface area contributed by atoms with Gasteiger partial charge in [0.1, 0.15) is 0 Å². The van der Waals surface area contributed by atoms with Crippen molar-refractivity contribution in [2.24, 2.45) is 0 Å². The molecule has 0 bridgehead atoms. The molecule has 1 aromatic rings. The van der Waals surface area contributed by atoms with Crippen LogP contribution in [-0.4, -0.2) is 32.6 Å². The van der Waals surface area contributed by atoms with Crippen LogP contribution in [0.3, 0.4) is 0 Å². The molecule has 0 aromatic heterocycles. The quantitative estimate of drug-likeness (QED) is 0.713. The van der Waals surface area contributed by atoms with Gasteiger partial charge in [0, 0.05) is 14.1 Å². The second-order valence-electron chi connectivity index (χ2n) is 4.04. The van der Waals surface area contributed by atoms with Gasteiger partial charge < -0.3 is 0 Å². The predicted molar refractivity (Wildman–Crippen MR) is 66.9 cm³/mol. The molecule has 0 atom stereocenters. The lowest BCUT2D eigenvalue weighted by Crippen LogP contribution is -2.25. The highest BCUT2D eigenvalue weighted by atomic mass is 32.2. The Morgan fingerprint density at radius 1 is 1.06 bits per heavy atom. The molecule has 0 aliphatic rings. The van der Waals surface area contributed by atoms with Gasteiger partial charge in [0.2, 0.25) is 10.0 Å². The van der Waals surface area contributed by atoms with Crippen LogP contribution in [0, 0.1) is 0 Å². The van der Waals surface area contributed by atoms with Crippen LogP contribution in [0.25, 0.3) is 0 Å². The van der Waals surface area contributed by atoms with Gasteiger partial charge in [-0.2, -0.15) is 0 Å². The molecular weight excluding hydrogens is 222 g/mol. The minimum absolute atomic E-state index is 0.243. The zero-order valence-corrected chi connectivity index (χ0v) is 10.7. The topological polar surface area (TPSA) is 37.4 Å². The summed E-state index contributed by atoms with van der Waals surface area (Å²) >= 11 is 0. The first-order valence-corrected chi connectivity index (χ1v) is 7.07. The van der Waals surface area contributed by atoms with Crippen LogP contribution in [0.1, 0.15) is 18.4 Å². The zero-order valence-electron chi connectivity index (χ0n) is 9.89. The molecule has 0 fully saturated rings. The summed E-state index contributed by atoms with van der Waals surface area (Å²) in [4.78, 5) is 0. The molecule has 3 nitrogen and oxygen atoms in total. The van der Waals surface area contributed by atoms with Crippen LogP contribution in [0.4, 0.5) is 0 Å². The lowest BCUT2D eigenvalue weighted by molar-refractivity contribution is 0.517. The molecule has 0 amide bonds. The zero-order chi connectivity index (χ0) is 12.0. The third kappa shape index (κ3) is 4.33. The van der Waals surface area contributed by atoms with Gasteiger partial charge in [0.15, 0.2) is 0 Å². The fraction of sp³-hybridized carbons (Fsp3) is 0.500. The third-order valence-corrected chi connectivity index (χ3v) is 4.43. The summed E-state index contributed by atoms with van der Waals surface area (Å²) in [6.45, 7) is 0. The molecule has 1 aromatic carbocycles. The molecule has 4 heteroatoms. The number of hydrogen-bond donors (Lipinski definition) is 0. The summed E-state index contributed by atoms with van der Waals surface area (Å²) < 4.78 is 24.2. The maximum Gasteiger partial charge on any atom is 0.213 e. The average molecular weight is 241 g/mol. The lowest BCUT2D eigenvalue weighted by Gasteiger charge is -2.10. The van der Waals surface area contributed by atoms with Gasteiger partial charge in [-0.1, -0.05) is 30.3 Å². The first kappa shape index (κ1) is 13.2. The van der Waals surface area contributed by atoms with Gasteiger partial charge in [0.05, 0.1) is 5.75 Å². The van der Waals surface area contributed by atoms with E-state index in [0.717, 1.165) is 19.3 Å². The van der Waals surface area contributed by atoms with Crippen molar-refractivity contribution >= 4 is 10.0 Å². The number of hydrogen-bond acceptors (Lipinski definition) is 2. The molecule has 0 aliphatic carbocycles. The molecule has 16 heavy (non-hydrogen) atoms. The summed E-state index contributed by atoms with van der Waals surface area (Å²) in [5.41, 5.74) is 1.27. The predicted octanol–water partition coefficient (Wildman–Crippen LogP) is 1.90. The molecule has 0 saturated heterocycles. The molecule has 1 rings (SSSR count). The van der Waals surface area contributed by atoms with E-state index in [2.05, 4.69) is 12.1 Å². The lowest BCUT2D eigenvalue weighted by atomic mass is 10.1. The van der Waals surface area contributed by atoms with Gasteiger partial charge in [-0.15, -0.1) is 0 Å². The minimum Gasteiger partial charge on any atom is -0.212 e. The first-order chi connectivity index (χ1) is 7.52. The third-order valence-electron chi connectivity index (χ3n) is 2.52. The smallest absolute Gasteiger partial charge is 0.212 e. The Morgan fingerprint density at radius 3 is 2.25 bits per heavy atom. The standard InChI is InChI=1S/C12H19NO2S/c1-13(2)16(14,15)11-7-6-10-12-8-4-3-5-9-12/h3-5,8-9H,6-7,10-11H2,1-2H3. The van der Waals surface area contributed by atoms with E-state index in [1.807, 2.05) is 18.2 Å². The average Bonchev–Trinajstić information content (AvgIpc) is 2.26. The maximum absolute atomic E-state index is 11.5. The molecule has 0 unspecified atom stereocenters. The Kier molecular flexibility index (Phi) is 4.96. The van der Waals surface area contributed by atoms with E-state index >= 15 is 0 Å². The number of aryl methyl sites for hydroxylation is 1. The first-order valence-electron chi connectivity index (χ1n) is 5.46. The van der Waals surface area contributed by atoms with Gasteiger partial charge in [-0.05, 0) is 24.8 Å². The second kappa shape index (κ2) is 6.01. The van der Waals surface area contributed by atoms with Crippen molar-refractivity contribution < 1.29 is 8.42 Å². The summed E-state index contributed by atoms with van der Waals surface area (Å²) in [6.07, 6.45) is 2.58. The van der Waals surface area contributed by atoms with Crippen LogP contribution in [-0.2, 0) is 16.4 Å². The van der Waals surface area contributed by atoms with Crippen LogP contribution in [0.5, 0.6) is 0 Å². The van der Waals surface area contributed by atoms with Crippen LogP contribution in [0.15, 0.2) is 30.3 Å². The molecule has 0 aliphatic heterocycles. The Hall–Kier alpha value is -0.870. The fourth-order valence-corrected chi connectivity index (χ4v) is 2.37. The highest BCUT2D eigenvalue weighted by Gasteiger charge is 2.12. The number of sulfonamides is 1. The fourth-order valence-electron chi connectivity index (χ4n) is 1.44. The van der Waals surface area contributed by atoms with Crippen LogP contribution >= 0.6 is 0 Å². The molecule has 0 saturated carbocycles. The summed E-state index contributed by atoms with van der Waals surface area (Å²) in [6, 6.07) is 10.1. The van der Waals surface area contributed by atoms with Crippen molar-refractivity contribution in [3.63, 3.8) is 0 Å². The van der Waals surface area contributed by atoms with Crippen molar-refractivity contribution in [1.82, 2.24) is 4.31 Å². The summed E-state index contributed by atoms with van der Waals surface area (Å²) in [5, 5.41) is 0. The van der Waals surface area contributed by atoms with E-state index < -0.39 is 10.0 Å². The molecule has 0 N–H and O–H groups in total. The van der Waals surface area contributed by atoms with E-state index in [4.69, 9.17) is 0 Å². The highest BCUT2D eigenvalue weighted by Crippen LogP contribution is 2.06. The second-order valence-corrected chi connectivity index (χ2v) is 6.34. The SMILES string of the molecule is CN(C)S(=O)(=O)CCCCc1ccccc1. The van der Waals surface area contributed by atoms with Crippen molar-refractivity contribution in [2.75, 3.05) is 19.8 Å². The van der Waals surface area contributed by atoms with Gasteiger partial charge in [-0.3, -0.25) is 0 Å². The Bertz CT molecular complexity index is 398. The normalized spacial score (nSPS) is 11.9. The Morgan fingerprint density at radius 2 is 1.69 bits per heavy atom. The molecule has 0 heterocycles. The summed E-state index contributed by atoms with van der Waals surface area (Å²) in [5.74, 6) is 0.243. The molecule has 0 radical (unpaired) electrons. The molecular formula is C12H19NO2S. The Balaban J connectivity index is 2.28. The molecule has 90 valence electrons. The van der Waals surface area contributed by atoms with Crippen molar-refractivity contribution in [2.45, 2.75) is 19.3 Å². The van der Waals surface area contributed by atoms with Gasteiger partial charge >= 0.3 is 0 Å². The van der Waals surface area contributed by atoms with Gasteiger partial charge in [0.25, 0.3) is 0 Å². The van der Waals surface area contributed by atoms with Gasteiger partial charge in [-0.25, -0.2) is 12.7 Å².